The number of amides is 1. The van der Waals surface area contributed by atoms with Gasteiger partial charge in [-0.05, 0) is 6.92 Å². The smallest absolute Gasteiger partial charge is 0.410 e. The first-order valence-electron chi connectivity index (χ1n) is 2.72. The summed E-state index contributed by atoms with van der Waals surface area (Å²) in [6.45, 7) is 1.47. The number of thiazole rings is 1. The van der Waals surface area contributed by atoms with Crippen molar-refractivity contribution in [2.45, 2.75) is 6.92 Å². The fourth-order valence-corrected chi connectivity index (χ4v) is 1.21. The molecule has 0 radical (unpaired) electrons. The van der Waals surface area contributed by atoms with E-state index in [1.807, 2.05) is 5.32 Å². The molecule has 1 aromatic rings. The summed E-state index contributed by atoms with van der Waals surface area (Å²) >= 11 is 0.673. The summed E-state index contributed by atoms with van der Waals surface area (Å²) in [5, 5.41) is 9.75. The quantitative estimate of drug-likeness (QED) is 0.684. The predicted octanol–water partition coefficient (Wildman–Crippen LogP) is 1.68. The Morgan fingerprint density at radius 3 is 2.82 bits per heavy atom. The van der Waals surface area contributed by atoms with Crippen LogP contribution in [0.5, 0.6) is 0 Å². The Balaban J connectivity index is 2.81. The molecule has 0 saturated carbocycles. The fraction of sp³-hybridized carbons (Fsp3) is 0.200. The number of anilines is 1. The van der Waals surface area contributed by atoms with Gasteiger partial charge in [0.25, 0.3) is 0 Å². The molecule has 1 heterocycles. The summed E-state index contributed by atoms with van der Waals surface area (Å²) in [5.41, 5.74) is 0.207. The van der Waals surface area contributed by atoms with Gasteiger partial charge in [-0.2, -0.15) is 4.39 Å². The first-order valence-corrected chi connectivity index (χ1v) is 3.54. The van der Waals surface area contributed by atoms with Crippen LogP contribution in [-0.4, -0.2) is 16.2 Å². The molecule has 0 bridgehead atoms. The minimum atomic E-state index is -1.24. The summed E-state index contributed by atoms with van der Waals surface area (Å²) in [7, 11) is 0. The number of hydrogen-bond donors (Lipinski definition) is 2. The molecule has 0 fully saturated rings. The van der Waals surface area contributed by atoms with E-state index >= 15 is 0 Å². The monoisotopic (exact) mass is 176 g/mol. The molecule has 1 amide bonds. The Bertz CT molecular complexity index is 267. The number of nitrogens with zero attached hydrogens (tertiary/aromatic N) is 1. The molecule has 0 aliphatic carbocycles. The number of rotatable bonds is 1. The molecule has 1 rings (SSSR count). The maximum atomic E-state index is 12.5. The summed E-state index contributed by atoms with van der Waals surface area (Å²) in [5.74, 6) is 0. The lowest BCUT2D eigenvalue weighted by molar-refractivity contribution is 0.209. The van der Waals surface area contributed by atoms with E-state index in [1.165, 1.54) is 6.92 Å². The number of hydrogen-bond acceptors (Lipinski definition) is 3. The number of carboxylic acid groups (broad SMARTS) is 1. The van der Waals surface area contributed by atoms with Crippen LogP contribution in [0.2, 0.25) is 0 Å². The molecule has 0 aromatic carbocycles. The van der Waals surface area contributed by atoms with E-state index in [1.54, 1.807) is 0 Å². The highest BCUT2D eigenvalue weighted by Crippen LogP contribution is 2.19. The van der Waals surface area contributed by atoms with Crippen LogP contribution in [0.25, 0.3) is 0 Å². The average molecular weight is 176 g/mol. The Kier molecular flexibility index (Phi) is 2.04. The second-order valence-corrected chi connectivity index (χ2v) is 2.76. The van der Waals surface area contributed by atoms with Crippen LogP contribution in [0, 0.1) is 12.1 Å². The van der Waals surface area contributed by atoms with E-state index in [2.05, 4.69) is 4.98 Å². The first kappa shape index (κ1) is 7.93. The van der Waals surface area contributed by atoms with Gasteiger partial charge in [-0.25, -0.2) is 9.78 Å². The highest BCUT2D eigenvalue weighted by atomic mass is 32.1. The molecule has 11 heavy (non-hydrogen) atoms. The third kappa shape index (κ3) is 1.87. The number of aryl methyl sites for hydroxylation is 1. The average Bonchev–Trinajstić information content (AvgIpc) is 2.10. The second-order valence-electron chi connectivity index (χ2n) is 1.81. The van der Waals surface area contributed by atoms with E-state index in [0.29, 0.717) is 11.3 Å². The minimum Gasteiger partial charge on any atom is -0.465 e. The lowest BCUT2D eigenvalue weighted by Gasteiger charge is -1.89. The van der Waals surface area contributed by atoms with Crippen molar-refractivity contribution in [1.82, 2.24) is 4.98 Å². The van der Waals surface area contributed by atoms with Crippen molar-refractivity contribution in [2.24, 2.45) is 0 Å². The first-order chi connectivity index (χ1) is 5.09. The zero-order valence-electron chi connectivity index (χ0n) is 5.59. The van der Waals surface area contributed by atoms with Gasteiger partial charge in [0.2, 0.25) is 5.13 Å². The van der Waals surface area contributed by atoms with Crippen LogP contribution >= 0.6 is 11.3 Å². The predicted molar refractivity (Wildman–Crippen MR) is 38.5 cm³/mol. The molecular formula is C5H5FN2O2S. The third-order valence-corrected chi connectivity index (χ3v) is 1.82. The molecular weight excluding hydrogens is 171 g/mol. The maximum absolute atomic E-state index is 12.5. The zero-order valence-corrected chi connectivity index (χ0v) is 6.41. The molecule has 60 valence electrons. The van der Waals surface area contributed by atoms with Crippen LogP contribution in [0.4, 0.5) is 14.3 Å². The van der Waals surface area contributed by atoms with E-state index in [9.17, 15) is 9.18 Å². The number of aromatic nitrogens is 1. The normalized spacial score (nSPS) is 9.64. The molecule has 0 spiro atoms. The summed E-state index contributed by atoms with van der Waals surface area (Å²) in [6.07, 6.45) is -1.24. The molecule has 0 saturated heterocycles. The zero-order chi connectivity index (χ0) is 8.43. The summed E-state index contributed by atoms with van der Waals surface area (Å²) < 4.78 is 12.5. The van der Waals surface area contributed by atoms with Crippen molar-refractivity contribution in [2.75, 3.05) is 5.32 Å². The Morgan fingerprint density at radius 2 is 2.45 bits per heavy atom. The van der Waals surface area contributed by atoms with Crippen LogP contribution in [-0.2, 0) is 0 Å². The van der Waals surface area contributed by atoms with Crippen LogP contribution in [0.1, 0.15) is 5.69 Å². The SMILES string of the molecule is Cc1nc(NC(=O)O)sc1F. The standard InChI is InChI=1S/C5H5FN2O2S/c1-2-3(6)11-4(7-2)8-5(9)10/h1H3,(H,7,8)(H,9,10). The molecule has 6 heteroatoms. The fourth-order valence-electron chi connectivity index (χ4n) is 0.523. The van der Waals surface area contributed by atoms with Gasteiger partial charge in [-0.3, -0.25) is 5.32 Å². The van der Waals surface area contributed by atoms with Gasteiger partial charge in [-0.15, -0.1) is 0 Å². The van der Waals surface area contributed by atoms with E-state index < -0.39 is 11.2 Å². The van der Waals surface area contributed by atoms with Crippen LogP contribution in [0.3, 0.4) is 0 Å². The molecule has 0 atom stereocenters. The molecule has 2 N–H and O–H groups in total. The van der Waals surface area contributed by atoms with Crippen molar-refractivity contribution in [1.29, 1.82) is 0 Å². The van der Waals surface area contributed by atoms with E-state index in [4.69, 9.17) is 5.11 Å². The molecule has 0 aliphatic heterocycles. The van der Waals surface area contributed by atoms with Crippen LogP contribution < -0.4 is 5.32 Å². The number of carbonyl (C=O) groups is 1. The van der Waals surface area contributed by atoms with Gasteiger partial charge in [0.1, 0.15) is 0 Å². The minimum absolute atomic E-state index is 0.0625. The maximum Gasteiger partial charge on any atom is 0.410 e. The van der Waals surface area contributed by atoms with Gasteiger partial charge < -0.3 is 5.11 Å². The highest BCUT2D eigenvalue weighted by Gasteiger charge is 2.07. The topological polar surface area (TPSA) is 62.2 Å². The number of halogens is 1. The van der Waals surface area contributed by atoms with E-state index in [-0.39, 0.29) is 10.8 Å². The highest BCUT2D eigenvalue weighted by molar-refractivity contribution is 7.14. The third-order valence-electron chi connectivity index (χ3n) is 0.954. The van der Waals surface area contributed by atoms with Crippen molar-refractivity contribution in [3.8, 4) is 0 Å². The molecule has 4 nitrogen and oxygen atoms in total. The second kappa shape index (κ2) is 2.83. The largest absolute Gasteiger partial charge is 0.465 e. The Morgan fingerprint density at radius 1 is 1.82 bits per heavy atom. The Labute approximate surface area is 65.7 Å². The Hall–Kier alpha value is -1.17. The van der Waals surface area contributed by atoms with Crippen molar-refractivity contribution in [3.05, 3.63) is 10.8 Å². The van der Waals surface area contributed by atoms with Gasteiger partial charge in [0.15, 0.2) is 5.13 Å². The van der Waals surface area contributed by atoms with Gasteiger partial charge in [-0.1, -0.05) is 11.3 Å². The molecule has 1 aromatic heterocycles. The number of nitrogens with one attached hydrogen (secondary N) is 1. The van der Waals surface area contributed by atoms with Gasteiger partial charge in [0.05, 0.1) is 5.69 Å². The van der Waals surface area contributed by atoms with Crippen LogP contribution in [0.15, 0.2) is 0 Å². The molecule has 0 unspecified atom stereocenters. The lowest BCUT2D eigenvalue weighted by atomic mass is 10.6. The van der Waals surface area contributed by atoms with Crippen molar-refractivity contribution in [3.63, 3.8) is 0 Å². The van der Waals surface area contributed by atoms with Gasteiger partial charge in [0, 0.05) is 0 Å². The summed E-state index contributed by atoms with van der Waals surface area (Å²) in [6, 6.07) is 0. The van der Waals surface area contributed by atoms with Gasteiger partial charge >= 0.3 is 6.09 Å². The van der Waals surface area contributed by atoms with E-state index in [0.717, 1.165) is 0 Å². The molecule has 0 aliphatic rings. The lowest BCUT2D eigenvalue weighted by Crippen LogP contribution is -2.06. The van der Waals surface area contributed by atoms with Crippen molar-refractivity contribution < 1.29 is 14.3 Å². The van der Waals surface area contributed by atoms with Crippen molar-refractivity contribution >= 4 is 22.6 Å². The summed E-state index contributed by atoms with van der Waals surface area (Å²) in [4.78, 5) is 13.6.